The highest BCUT2D eigenvalue weighted by Crippen LogP contribution is 2.26. The van der Waals surface area contributed by atoms with Crippen molar-refractivity contribution in [2.24, 2.45) is 11.8 Å². The fourth-order valence-corrected chi connectivity index (χ4v) is 2.11. The fraction of sp³-hybridized carbons (Fsp3) is 0.846. The minimum Gasteiger partial charge on any atom is -0.481 e. The van der Waals surface area contributed by atoms with Gasteiger partial charge in [0.25, 0.3) is 0 Å². The monoisotopic (exact) mass is 257 g/mol. The summed E-state index contributed by atoms with van der Waals surface area (Å²) in [4.78, 5) is 24.4. The minimum absolute atomic E-state index is 0.154. The molecule has 0 aromatic carbocycles. The zero-order valence-electron chi connectivity index (χ0n) is 11.6. The molecule has 1 fully saturated rings. The Balaban J connectivity index is 2.44. The number of rotatable bonds is 2. The van der Waals surface area contributed by atoms with E-state index in [1.54, 1.807) is 11.8 Å². The lowest BCUT2D eigenvalue weighted by Gasteiger charge is -2.34. The first-order valence-corrected chi connectivity index (χ1v) is 6.41. The van der Waals surface area contributed by atoms with Crippen molar-refractivity contribution in [2.45, 2.75) is 46.1 Å². The number of piperidine rings is 1. The number of hydrogen-bond donors (Lipinski definition) is 1. The Morgan fingerprint density at radius 1 is 1.28 bits per heavy atom. The number of carbonyl (C=O) groups is 2. The second kappa shape index (κ2) is 5.59. The van der Waals surface area contributed by atoms with Crippen LogP contribution in [0.2, 0.25) is 0 Å². The van der Waals surface area contributed by atoms with Gasteiger partial charge in [0.2, 0.25) is 0 Å². The Hall–Kier alpha value is -1.26. The van der Waals surface area contributed by atoms with Crippen LogP contribution in [-0.4, -0.2) is 40.8 Å². The predicted molar refractivity (Wildman–Crippen MR) is 67.3 cm³/mol. The van der Waals surface area contributed by atoms with Crippen molar-refractivity contribution in [3.05, 3.63) is 0 Å². The van der Waals surface area contributed by atoms with Gasteiger partial charge in [-0.2, -0.15) is 0 Å². The Bertz CT molecular complexity index is 313. The highest BCUT2D eigenvalue weighted by molar-refractivity contribution is 5.70. The van der Waals surface area contributed by atoms with Crippen molar-refractivity contribution < 1.29 is 19.4 Å². The lowest BCUT2D eigenvalue weighted by Crippen LogP contribution is -2.43. The minimum atomic E-state index is -0.759. The van der Waals surface area contributed by atoms with Crippen LogP contribution in [0.5, 0.6) is 0 Å². The molecular weight excluding hydrogens is 234 g/mol. The average Bonchev–Trinajstić information content (AvgIpc) is 2.26. The molecule has 0 saturated carbocycles. The van der Waals surface area contributed by atoms with Crippen molar-refractivity contribution in [3.63, 3.8) is 0 Å². The van der Waals surface area contributed by atoms with Gasteiger partial charge in [-0.25, -0.2) is 4.79 Å². The quantitative estimate of drug-likeness (QED) is 0.824. The van der Waals surface area contributed by atoms with E-state index in [0.29, 0.717) is 13.1 Å². The van der Waals surface area contributed by atoms with Gasteiger partial charge >= 0.3 is 12.1 Å². The molecule has 0 spiro atoms. The van der Waals surface area contributed by atoms with Crippen molar-refractivity contribution in [1.29, 1.82) is 0 Å². The van der Waals surface area contributed by atoms with E-state index < -0.39 is 11.6 Å². The van der Waals surface area contributed by atoms with Crippen LogP contribution >= 0.6 is 0 Å². The second-order valence-electron chi connectivity index (χ2n) is 5.93. The lowest BCUT2D eigenvalue weighted by molar-refractivity contribution is -0.143. The molecule has 1 atom stereocenters. The van der Waals surface area contributed by atoms with Crippen LogP contribution < -0.4 is 0 Å². The smallest absolute Gasteiger partial charge is 0.410 e. The van der Waals surface area contributed by atoms with Crippen LogP contribution in [0.1, 0.15) is 40.5 Å². The first-order valence-electron chi connectivity index (χ1n) is 6.41. The van der Waals surface area contributed by atoms with E-state index >= 15 is 0 Å². The van der Waals surface area contributed by atoms with E-state index in [0.717, 1.165) is 12.8 Å². The molecule has 0 aliphatic carbocycles. The van der Waals surface area contributed by atoms with Gasteiger partial charge in [-0.05, 0) is 39.5 Å². The molecule has 1 rings (SSSR count). The van der Waals surface area contributed by atoms with Crippen molar-refractivity contribution in [2.75, 3.05) is 13.1 Å². The van der Waals surface area contributed by atoms with E-state index in [9.17, 15) is 9.59 Å². The third-order valence-corrected chi connectivity index (χ3v) is 3.29. The van der Waals surface area contributed by atoms with Crippen LogP contribution in [0.25, 0.3) is 0 Å². The van der Waals surface area contributed by atoms with Gasteiger partial charge in [0.15, 0.2) is 0 Å². The lowest BCUT2D eigenvalue weighted by atomic mass is 9.85. The summed E-state index contributed by atoms with van der Waals surface area (Å²) in [6.45, 7) is 8.41. The molecule has 0 unspecified atom stereocenters. The average molecular weight is 257 g/mol. The van der Waals surface area contributed by atoms with Crippen LogP contribution in [-0.2, 0) is 9.53 Å². The van der Waals surface area contributed by atoms with Gasteiger partial charge in [0.1, 0.15) is 5.60 Å². The molecule has 0 aromatic heterocycles. The van der Waals surface area contributed by atoms with Gasteiger partial charge < -0.3 is 14.7 Å². The molecule has 0 aromatic rings. The number of ether oxygens (including phenoxy) is 1. The standard InChI is InChI=1S/C13H23NO4/c1-9(11(15)16)10-5-7-14(8-6-10)12(17)18-13(2,3)4/h9-10H,5-8H2,1-4H3,(H,15,16)/t9-/m0/s1. The highest BCUT2D eigenvalue weighted by atomic mass is 16.6. The van der Waals surface area contributed by atoms with Gasteiger partial charge in [0.05, 0.1) is 5.92 Å². The molecule has 1 saturated heterocycles. The molecule has 1 aliphatic heterocycles. The van der Waals surface area contributed by atoms with E-state index in [4.69, 9.17) is 9.84 Å². The number of carboxylic acids is 1. The summed E-state index contributed by atoms with van der Waals surface area (Å²) in [5.41, 5.74) is -0.484. The summed E-state index contributed by atoms with van der Waals surface area (Å²) in [6, 6.07) is 0. The Labute approximate surface area is 108 Å². The van der Waals surface area contributed by atoms with Crippen LogP contribution in [0, 0.1) is 11.8 Å². The van der Waals surface area contributed by atoms with E-state index in [1.165, 1.54) is 0 Å². The van der Waals surface area contributed by atoms with E-state index in [1.807, 2.05) is 20.8 Å². The maximum absolute atomic E-state index is 11.8. The van der Waals surface area contributed by atoms with Gasteiger partial charge in [-0.15, -0.1) is 0 Å². The number of aliphatic carboxylic acids is 1. The zero-order valence-corrected chi connectivity index (χ0v) is 11.6. The number of carboxylic acid groups (broad SMARTS) is 1. The normalized spacial score (nSPS) is 19.4. The molecule has 1 amide bonds. The summed E-state index contributed by atoms with van der Waals surface area (Å²) in [5, 5.41) is 8.96. The topological polar surface area (TPSA) is 66.8 Å². The Morgan fingerprint density at radius 3 is 2.17 bits per heavy atom. The van der Waals surface area contributed by atoms with Crippen molar-refractivity contribution >= 4 is 12.1 Å². The summed E-state index contributed by atoms with van der Waals surface area (Å²) < 4.78 is 5.29. The highest BCUT2D eigenvalue weighted by Gasteiger charge is 2.31. The summed E-state index contributed by atoms with van der Waals surface area (Å²) in [7, 11) is 0. The SMILES string of the molecule is C[C@H](C(=O)O)C1CCN(C(=O)OC(C)(C)C)CC1. The summed E-state index contributed by atoms with van der Waals surface area (Å²) in [6.07, 6.45) is 1.16. The molecule has 5 nitrogen and oxygen atoms in total. The summed E-state index contributed by atoms with van der Waals surface area (Å²) >= 11 is 0. The fourth-order valence-electron chi connectivity index (χ4n) is 2.11. The first-order chi connectivity index (χ1) is 8.20. The molecular formula is C13H23NO4. The Morgan fingerprint density at radius 2 is 1.78 bits per heavy atom. The molecule has 0 bridgehead atoms. The largest absolute Gasteiger partial charge is 0.481 e. The second-order valence-corrected chi connectivity index (χ2v) is 5.93. The number of likely N-dealkylation sites (tertiary alicyclic amines) is 1. The number of carbonyl (C=O) groups excluding carboxylic acids is 1. The number of nitrogens with zero attached hydrogens (tertiary/aromatic N) is 1. The van der Waals surface area contributed by atoms with Crippen LogP contribution in [0.4, 0.5) is 4.79 Å². The maximum Gasteiger partial charge on any atom is 0.410 e. The van der Waals surface area contributed by atoms with Gasteiger partial charge in [-0.3, -0.25) is 4.79 Å². The van der Waals surface area contributed by atoms with Crippen molar-refractivity contribution in [3.8, 4) is 0 Å². The van der Waals surface area contributed by atoms with E-state index in [2.05, 4.69) is 0 Å². The van der Waals surface area contributed by atoms with Crippen molar-refractivity contribution in [1.82, 2.24) is 4.90 Å². The van der Waals surface area contributed by atoms with E-state index in [-0.39, 0.29) is 17.9 Å². The van der Waals surface area contributed by atoms with Gasteiger partial charge in [-0.1, -0.05) is 6.92 Å². The van der Waals surface area contributed by atoms with Crippen LogP contribution in [0.15, 0.2) is 0 Å². The predicted octanol–water partition coefficient (Wildman–Crippen LogP) is 2.35. The molecule has 1 heterocycles. The number of hydrogen-bond acceptors (Lipinski definition) is 3. The maximum atomic E-state index is 11.8. The summed E-state index contributed by atoms with van der Waals surface area (Å²) in [5.74, 6) is -0.947. The van der Waals surface area contributed by atoms with Crippen LogP contribution in [0.3, 0.4) is 0 Å². The molecule has 1 N–H and O–H groups in total. The molecule has 5 heteroatoms. The number of amides is 1. The zero-order chi connectivity index (χ0) is 13.9. The third-order valence-electron chi connectivity index (χ3n) is 3.29. The Kier molecular flexibility index (Phi) is 4.59. The van der Waals surface area contributed by atoms with Gasteiger partial charge in [0, 0.05) is 13.1 Å². The third kappa shape index (κ3) is 4.20. The first kappa shape index (κ1) is 14.8. The molecule has 104 valence electrons. The molecule has 0 radical (unpaired) electrons. The molecule has 1 aliphatic rings. The molecule has 18 heavy (non-hydrogen) atoms.